The Morgan fingerprint density at radius 1 is 1.05 bits per heavy atom. The van der Waals surface area contributed by atoms with Gasteiger partial charge in [-0.25, -0.2) is 14.8 Å². The highest BCUT2D eigenvalue weighted by Gasteiger charge is 2.31. The molecule has 2 aliphatic rings. The van der Waals surface area contributed by atoms with Gasteiger partial charge in [-0.2, -0.15) is 4.39 Å². The van der Waals surface area contributed by atoms with Gasteiger partial charge in [0.2, 0.25) is 5.95 Å². The van der Waals surface area contributed by atoms with E-state index in [1.54, 1.807) is 26.2 Å². The fourth-order valence-corrected chi connectivity index (χ4v) is 6.91. The number of carbonyl (C=O) groups is 1. The molecule has 0 saturated heterocycles. The number of aliphatic hydroxyl groups is 1. The van der Waals surface area contributed by atoms with Crippen molar-refractivity contribution >= 4 is 17.4 Å². The fraction of sp³-hybridized carbons (Fsp3) is 0.344. The number of benzene rings is 2. The van der Waals surface area contributed by atoms with Crippen LogP contribution in [0.5, 0.6) is 0 Å². The molecule has 8 heteroatoms. The smallest absolute Gasteiger partial charge is 0.408 e. The van der Waals surface area contributed by atoms with Gasteiger partial charge in [0.1, 0.15) is 17.2 Å². The minimum Gasteiger partial charge on any atom is -0.445 e. The Labute approximate surface area is 237 Å². The molecule has 1 amide bonds. The van der Waals surface area contributed by atoms with E-state index in [1.807, 2.05) is 30.3 Å². The van der Waals surface area contributed by atoms with Crippen LogP contribution in [0.3, 0.4) is 0 Å². The summed E-state index contributed by atoms with van der Waals surface area (Å²) in [5.74, 6) is -0.625. The summed E-state index contributed by atoms with van der Waals surface area (Å²) in [4.78, 5) is 22.4. The zero-order valence-corrected chi connectivity index (χ0v) is 23.5. The summed E-state index contributed by atoms with van der Waals surface area (Å²) in [5.41, 5.74) is 7.61. The summed E-state index contributed by atoms with van der Waals surface area (Å²) in [6.45, 7) is 3.44. The molecular formula is C32H32FN3O3S. The number of thiazole rings is 1. The van der Waals surface area contributed by atoms with Crippen molar-refractivity contribution in [2.75, 3.05) is 0 Å². The van der Waals surface area contributed by atoms with Crippen molar-refractivity contribution in [3.05, 3.63) is 104 Å². The van der Waals surface area contributed by atoms with E-state index in [0.717, 1.165) is 55.2 Å². The van der Waals surface area contributed by atoms with Gasteiger partial charge in [0.25, 0.3) is 0 Å². The number of fused-ring (bicyclic) bond motifs is 2. The molecule has 2 aliphatic carbocycles. The molecule has 2 aromatic carbocycles. The summed E-state index contributed by atoms with van der Waals surface area (Å²) in [6, 6.07) is 12.5. The lowest BCUT2D eigenvalue weighted by Crippen LogP contribution is -2.30. The van der Waals surface area contributed by atoms with Crippen molar-refractivity contribution in [2.45, 2.75) is 70.6 Å². The molecular weight excluding hydrogens is 525 g/mol. The van der Waals surface area contributed by atoms with Crippen LogP contribution in [0.15, 0.2) is 54.9 Å². The highest BCUT2D eigenvalue weighted by molar-refractivity contribution is 7.11. The molecule has 206 valence electrons. The maximum atomic E-state index is 14.9. The van der Waals surface area contributed by atoms with Crippen LogP contribution >= 0.6 is 11.3 Å². The first-order valence-corrected chi connectivity index (χ1v) is 14.6. The van der Waals surface area contributed by atoms with Gasteiger partial charge in [-0.05, 0) is 97.4 Å². The van der Waals surface area contributed by atoms with Crippen molar-refractivity contribution < 1.29 is 19.0 Å². The van der Waals surface area contributed by atoms with Gasteiger partial charge < -0.3 is 15.2 Å². The predicted octanol–water partition coefficient (Wildman–Crippen LogP) is 6.56. The third-order valence-electron chi connectivity index (χ3n) is 7.76. The number of hydrogen-bond donors (Lipinski definition) is 2. The lowest BCUT2D eigenvalue weighted by Gasteiger charge is -2.23. The fourth-order valence-electron chi connectivity index (χ4n) is 5.92. The van der Waals surface area contributed by atoms with Crippen LogP contribution in [0.25, 0.3) is 11.1 Å². The summed E-state index contributed by atoms with van der Waals surface area (Å²) >= 11 is 1.29. The molecule has 6 nitrogen and oxygen atoms in total. The quantitative estimate of drug-likeness (QED) is 0.251. The second kappa shape index (κ2) is 10.7. The standard InChI is InChI=1S/C32H32FN3O3S/c1-32(2,38)30-35-17-26(40-30)29(36-31(37)39-18-19-8-4-3-5-9-19)24-15-27(33)34-16-25(24)28-22-12-6-10-20(22)14-21-11-7-13-23(21)28/h3-5,8-9,14-17,29,38H,6-7,10-13,18H2,1-2H3,(H,36,37). The first kappa shape index (κ1) is 26.6. The van der Waals surface area contributed by atoms with Crippen molar-refractivity contribution in [3.8, 4) is 11.1 Å². The highest BCUT2D eigenvalue weighted by atomic mass is 32.1. The largest absolute Gasteiger partial charge is 0.445 e. The van der Waals surface area contributed by atoms with E-state index in [9.17, 15) is 14.3 Å². The van der Waals surface area contributed by atoms with Gasteiger partial charge in [-0.15, -0.1) is 11.3 Å². The lowest BCUT2D eigenvalue weighted by molar-refractivity contribution is 0.0783. The minimum absolute atomic E-state index is 0.105. The number of halogens is 1. The van der Waals surface area contributed by atoms with Crippen LogP contribution < -0.4 is 5.32 Å². The second-order valence-corrected chi connectivity index (χ2v) is 12.2. The molecule has 2 N–H and O–H groups in total. The van der Waals surface area contributed by atoms with Gasteiger partial charge in [-0.1, -0.05) is 36.4 Å². The van der Waals surface area contributed by atoms with Crippen molar-refractivity contribution in [1.29, 1.82) is 0 Å². The van der Waals surface area contributed by atoms with E-state index in [0.29, 0.717) is 15.4 Å². The number of aryl methyl sites for hydroxylation is 2. The molecule has 0 radical (unpaired) electrons. The summed E-state index contributed by atoms with van der Waals surface area (Å²) < 4.78 is 20.5. The van der Waals surface area contributed by atoms with E-state index in [2.05, 4.69) is 21.4 Å². The van der Waals surface area contributed by atoms with Crippen LogP contribution in [-0.2, 0) is 42.6 Å². The predicted molar refractivity (Wildman–Crippen MR) is 153 cm³/mol. The number of aromatic nitrogens is 2. The molecule has 2 heterocycles. The Bertz CT molecular complexity index is 1530. The summed E-state index contributed by atoms with van der Waals surface area (Å²) in [5, 5.41) is 14.1. The number of ether oxygens (including phenoxy) is 1. The molecule has 1 atom stereocenters. The third kappa shape index (κ3) is 5.25. The average molecular weight is 558 g/mol. The molecule has 0 aliphatic heterocycles. The van der Waals surface area contributed by atoms with Crippen LogP contribution in [0, 0.1) is 5.95 Å². The number of pyridine rings is 1. The number of nitrogens with one attached hydrogen (secondary N) is 1. The topological polar surface area (TPSA) is 84.3 Å². The first-order valence-electron chi connectivity index (χ1n) is 13.8. The molecule has 1 unspecified atom stereocenters. The molecule has 40 heavy (non-hydrogen) atoms. The van der Waals surface area contributed by atoms with Crippen molar-refractivity contribution in [1.82, 2.24) is 15.3 Å². The van der Waals surface area contributed by atoms with Gasteiger partial charge in [0.15, 0.2) is 0 Å². The van der Waals surface area contributed by atoms with E-state index in [-0.39, 0.29) is 6.61 Å². The van der Waals surface area contributed by atoms with Crippen LogP contribution in [-0.4, -0.2) is 21.2 Å². The Hall–Kier alpha value is -3.62. The first-order chi connectivity index (χ1) is 19.3. The molecule has 4 aromatic rings. The number of nitrogens with zero attached hydrogens (tertiary/aromatic N) is 2. The van der Waals surface area contributed by atoms with Crippen LogP contribution in [0.4, 0.5) is 9.18 Å². The van der Waals surface area contributed by atoms with Crippen LogP contribution in [0.1, 0.15) is 76.0 Å². The monoisotopic (exact) mass is 557 g/mol. The number of hydrogen-bond acceptors (Lipinski definition) is 6. The van der Waals surface area contributed by atoms with Gasteiger partial charge in [0, 0.05) is 18.0 Å². The minimum atomic E-state index is -1.16. The molecule has 0 saturated carbocycles. The summed E-state index contributed by atoms with van der Waals surface area (Å²) in [6.07, 6.45) is 8.82. The molecule has 2 aromatic heterocycles. The van der Waals surface area contributed by atoms with Crippen molar-refractivity contribution in [3.63, 3.8) is 0 Å². The Balaban J connectivity index is 1.45. The normalized spacial score (nSPS) is 15.0. The molecule has 6 rings (SSSR count). The van der Waals surface area contributed by atoms with Gasteiger partial charge in [-0.3, -0.25) is 0 Å². The van der Waals surface area contributed by atoms with Crippen molar-refractivity contribution in [2.24, 2.45) is 0 Å². The van der Waals surface area contributed by atoms with E-state index in [4.69, 9.17) is 4.74 Å². The number of alkyl carbamates (subject to hydrolysis) is 1. The van der Waals surface area contributed by atoms with Gasteiger partial charge >= 0.3 is 6.09 Å². The number of amides is 1. The van der Waals surface area contributed by atoms with Gasteiger partial charge in [0.05, 0.1) is 10.9 Å². The van der Waals surface area contributed by atoms with Crippen LogP contribution in [0.2, 0.25) is 0 Å². The Kier molecular flexibility index (Phi) is 7.15. The average Bonchev–Trinajstić information content (AvgIpc) is 3.71. The van der Waals surface area contributed by atoms with E-state index < -0.39 is 23.7 Å². The lowest BCUT2D eigenvalue weighted by atomic mass is 9.86. The Morgan fingerprint density at radius 2 is 1.75 bits per heavy atom. The number of carbonyl (C=O) groups excluding carboxylic acids is 1. The van der Waals surface area contributed by atoms with E-state index in [1.165, 1.54) is 39.7 Å². The highest BCUT2D eigenvalue weighted by Crippen LogP contribution is 2.44. The molecule has 0 spiro atoms. The third-order valence-corrected chi connectivity index (χ3v) is 9.14. The Morgan fingerprint density at radius 3 is 2.40 bits per heavy atom. The maximum absolute atomic E-state index is 14.9. The summed E-state index contributed by atoms with van der Waals surface area (Å²) in [7, 11) is 0. The number of rotatable bonds is 7. The molecule has 0 bridgehead atoms. The zero-order valence-electron chi connectivity index (χ0n) is 22.7. The SMILES string of the molecule is CC(C)(O)c1ncc(C(NC(=O)OCc2ccccc2)c2cc(F)ncc2-c2c3c(cc4c2CCC4)CCC3)s1. The molecule has 0 fully saturated rings. The maximum Gasteiger partial charge on any atom is 0.408 e. The second-order valence-electron chi connectivity index (χ2n) is 11.1. The zero-order chi connectivity index (χ0) is 27.9. The van der Waals surface area contributed by atoms with E-state index >= 15 is 0 Å².